The Morgan fingerprint density at radius 2 is 2.08 bits per heavy atom. The van der Waals surface area contributed by atoms with E-state index in [0.717, 1.165) is 11.1 Å². The monoisotopic (exact) mass is 161 g/mol. The first kappa shape index (κ1) is 8.61. The van der Waals surface area contributed by atoms with Crippen LogP contribution in [0, 0.1) is 18.3 Å². The lowest BCUT2D eigenvalue weighted by molar-refractivity contribution is 0.474. The second kappa shape index (κ2) is 3.27. The van der Waals surface area contributed by atoms with Crippen LogP contribution < -0.4 is 0 Å². The third-order valence-corrected chi connectivity index (χ3v) is 1.78. The second-order valence-electron chi connectivity index (χ2n) is 2.95. The molecule has 2 heteroatoms. The molecule has 1 unspecified atom stereocenters. The molecule has 0 aliphatic carbocycles. The van der Waals surface area contributed by atoms with Crippen LogP contribution in [-0.4, -0.2) is 5.11 Å². The van der Waals surface area contributed by atoms with E-state index < -0.39 is 0 Å². The molecule has 1 N–H and O–H groups in total. The number of hydrogen-bond acceptors (Lipinski definition) is 2. The van der Waals surface area contributed by atoms with Crippen molar-refractivity contribution in [1.29, 1.82) is 5.26 Å². The Morgan fingerprint density at radius 1 is 1.42 bits per heavy atom. The Labute approximate surface area is 72.1 Å². The smallest absolute Gasteiger partial charge is 0.116 e. The van der Waals surface area contributed by atoms with Crippen LogP contribution in [0.5, 0.6) is 5.75 Å². The molecule has 1 rings (SSSR count). The summed E-state index contributed by atoms with van der Waals surface area (Å²) in [5.74, 6) is 0.0721. The summed E-state index contributed by atoms with van der Waals surface area (Å²) in [4.78, 5) is 0. The highest BCUT2D eigenvalue weighted by molar-refractivity contribution is 5.36. The third kappa shape index (κ3) is 1.76. The van der Waals surface area contributed by atoms with E-state index >= 15 is 0 Å². The number of nitriles is 1. The number of hydrogen-bond donors (Lipinski definition) is 1. The van der Waals surface area contributed by atoms with Gasteiger partial charge in [-0.15, -0.1) is 0 Å². The van der Waals surface area contributed by atoms with Crippen LogP contribution in [-0.2, 0) is 0 Å². The first-order valence-corrected chi connectivity index (χ1v) is 3.83. The molecule has 0 aliphatic rings. The van der Waals surface area contributed by atoms with E-state index in [-0.39, 0.29) is 11.7 Å². The van der Waals surface area contributed by atoms with Gasteiger partial charge in [-0.2, -0.15) is 5.26 Å². The number of phenols is 1. The van der Waals surface area contributed by atoms with Gasteiger partial charge in [-0.1, -0.05) is 6.07 Å². The summed E-state index contributed by atoms with van der Waals surface area (Å²) in [6.07, 6.45) is 0. The van der Waals surface area contributed by atoms with E-state index in [0.29, 0.717) is 0 Å². The molecule has 0 aromatic heterocycles. The molecule has 12 heavy (non-hydrogen) atoms. The molecule has 0 radical (unpaired) electrons. The molecule has 1 atom stereocenters. The van der Waals surface area contributed by atoms with E-state index in [1.807, 2.05) is 19.9 Å². The largest absolute Gasteiger partial charge is 0.508 e. The fourth-order valence-corrected chi connectivity index (χ4v) is 1.12. The Kier molecular flexibility index (Phi) is 2.35. The number of benzene rings is 1. The topological polar surface area (TPSA) is 44.0 Å². The summed E-state index contributed by atoms with van der Waals surface area (Å²) in [6, 6.07) is 7.33. The van der Waals surface area contributed by atoms with Gasteiger partial charge >= 0.3 is 0 Å². The van der Waals surface area contributed by atoms with Crippen molar-refractivity contribution >= 4 is 0 Å². The molecule has 0 aliphatic heterocycles. The number of aryl methyl sites for hydroxylation is 1. The predicted octanol–water partition coefficient (Wildman–Crippen LogP) is 2.33. The van der Waals surface area contributed by atoms with Crippen LogP contribution in [0.15, 0.2) is 18.2 Å². The average molecular weight is 161 g/mol. The molecule has 0 fully saturated rings. The normalized spacial score (nSPS) is 12.1. The van der Waals surface area contributed by atoms with E-state index in [2.05, 4.69) is 6.07 Å². The van der Waals surface area contributed by atoms with Crippen LogP contribution in [0.4, 0.5) is 0 Å². The highest BCUT2D eigenvalue weighted by Crippen LogP contribution is 2.21. The number of rotatable bonds is 1. The van der Waals surface area contributed by atoms with Gasteiger partial charge in [0.25, 0.3) is 0 Å². The zero-order valence-electron chi connectivity index (χ0n) is 7.20. The van der Waals surface area contributed by atoms with Crippen molar-refractivity contribution < 1.29 is 5.11 Å². The van der Waals surface area contributed by atoms with Crippen LogP contribution >= 0.6 is 0 Å². The maximum absolute atomic E-state index is 9.23. The maximum Gasteiger partial charge on any atom is 0.116 e. The van der Waals surface area contributed by atoms with Crippen LogP contribution in [0.2, 0.25) is 0 Å². The number of nitrogens with zero attached hydrogens (tertiary/aromatic N) is 1. The van der Waals surface area contributed by atoms with Gasteiger partial charge in [0.05, 0.1) is 12.0 Å². The van der Waals surface area contributed by atoms with Crippen molar-refractivity contribution in [2.75, 3.05) is 0 Å². The van der Waals surface area contributed by atoms with Crippen molar-refractivity contribution in [2.24, 2.45) is 0 Å². The molecule has 0 saturated carbocycles. The van der Waals surface area contributed by atoms with Crippen LogP contribution in [0.1, 0.15) is 24.0 Å². The summed E-state index contributed by atoms with van der Waals surface area (Å²) in [7, 11) is 0. The van der Waals surface area contributed by atoms with Crippen molar-refractivity contribution in [3.8, 4) is 11.8 Å². The molecule has 1 aromatic carbocycles. The quantitative estimate of drug-likeness (QED) is 0.687. The van der Waals surface area contributed by atoms with Crippen LogP contribution in [0.3, 0.4) is 0 Å². The molecule has 0 heterocycles. The minimum absolute atomic E-state index is 0.157. The molecule has 0 amide bonds. The minimum atomic E-state index is -0.157. The van der Waals surface area contributed by atoms with Gasteiger partial charge in [0, 0.05) is 0 Å². The average Bonchev–Trinajstić information content (AvgIpc) is 2.01. The summed E-state index contributed by atoms with van der Waals surface area (Å²) >= 11 is 0. The van der Waals surface area contributed by atoms with Gasteiger partial charge in [-0.3, -0.25) is 0 Å². The first-order valence-electron chi connectivity index (χ1n) is 3.83. The third-order valence-electron chi connectivity index (χ3n) is 1.78. The summed E-state index contributed by atoms with van der Waals surface area (Å²) in [5, 5.41) is 17.9. The number of phenolic OH excluding ortho intramolecular Hbond substituents is 1. The van der Waals surface area contributed by atoms with Crippen LogP contribution in [0.25, 0.3) is 0 Å². The van der Waals surface area contributed by atoms with Gasteiger partial charge < -0.3 is 5.11 Å². The predicted molar refractivity (Wildman–Crippen MR) is 46.9 cm³/mol. The van der Waals surface area contributed by atoms with Crippen molar-refractivity contribution in [2.45, 2.75) is 19.8 Å². The molecule has 0 spiro atoms. The molecule has 62 valence electrons. The summed E-state index contributed by atoms with van der Waals surface area (Å²) < 4.78 is 0. The summed E-state index contributed by atoms with van der Waals surface area (Å²) in [5.41, 5.74) is 1.85. The van der Waals surface area contributed by atoms with Gasteiger partial charge in [-0.05, 0) is 37.1 Å². The van der Waals surface area contributed by atoms with Gasteiger partial charge in [0.15, 0.2) is 0 Å². The highest BCUT2D eigenvalue weighted by atomic mass is 16.3. The molecular formula is C10H11NO. The van der Waals surface area contributed by atoms with E-state index in [9.17, 15) is 5.11 Å². The standard InChI is InChI=1S/C10H11NO/c1-7-3-9(8(2)6-11)5-10(12)4-7/h3-5,8,12H,1-2H3. The SMILES string of the molecule is Cc1cc(O)cc(C(C)C#N)c1. The minimum Gasteiger partial charge on any atom is -0.508 e. The zero-order valence-corrected chi connectivity index (χ0v) is 7.20. The van der Waals surface area contributed by atoms with Gasteiger partial charge in [0.1, 0.15) is 5.75 Å². The second-order valence-corrected chi connectivity index (χ2v) is 2.95. The Bertz CT molecular complexity index is 305. The maximum atomic E-state index is 9.23. The van der Waals surface area contributed by atoms with Crippen molar-refractivity contribution in [3.05, 3.63) is 29.3 Å². The van der Waals surface area contributed by atoms with E-state index in [4.69, 9.17) is 5.26 Å². The fourth-order valence-electron chi connectivity index (χ4n) is 1.12. The lowest BCUT2D eigenvalue weighted by Gasteiger charge is -2.04. The molecule has 0 bridgehead atoms. The van der Waals surface area contributed by atoms with E-state index in [1.165, 1.54) is 0 Å². The highest BCUT2D eigenvalue weighted by Gasteiger charge is 2.04. The van der Waals surface area contributed by atoms with E-state index in [1.54, 1.807) is 12.1 Å². The van der Waals surface area contributed by atoms with Crippen molar-refractivity contribution in [1.82, 2.24) is 0 Å². The Balaban J connectivity index is 3.10. The lowest BCUT2D eigenvalue weighted by Crippen LogP contribution is -1.89. The van der Waals surface area contributed by atoms with Gasteiger partial charge in [0.2, 0.25) is 0 Å². The first-order chi connectivity index (χ1) is 5.63. The lowest BCUT2D eigenvalue weighted by atomic mass is 10.0. The molecule has 2 nitrogen and oxygen atoms in total. The fraction of sp³-hybridized carbons (Fsp3) is 0.300. The van der Waals surface area contributed by atoms with Crippen molar-refractivity contribution in [3.63, 3.8) is 0 Å². The molecule has 0 saturated heterocycles. The molecular weight excluding hydrogens is 150 g/mol. The summed E-state index contributed by atoms with van der Waals surface area (Å²) in [6.45, 7) is 3.71. The Hall–Kier alpha value is -1.49. The zero-order chi connectivity index (χ0) is 9.14. The molecule has 1 aromatic rings. The van der Waals surface area contributed by atoms with Gasteiger partial charge in [-0.25, -0.2) is 0 Å². The number of aromatic hydroxyl groups is 1. The Morgan fingerprint density at radius 3 is 2.58 bits per heavy atom.